The van der Waals surface area contributed by atoms with Crippen molar-refractivity contribution >= 4 is 22.3 Å². The smallest absolute Gasteiger partial charge is 0.274 e. The highest BCUT2D eigenvalue weighted by Crippen LogP contribution is 2.12. The molecule has 1 heterocycles. The highest BCUT2D eigenvalue weighted by atomic mass is 79.9. The molecule has 0 saturated heterocycles. The fraction of sp³-hybridized carbons (Fsp3) is 0.273. The highest BCUT2D eigenvalue weighted by Gasteiger charge is 2.15. The van der Waals surface area contributed by atoms with Gasteiger partial charge in [0, 0.05) is 20.3 Å². The lowest BCUT2D eigenvalue weighted by Crippen LogP contribution is -2.30. The van der Waals surface area contributed by atoms with Crippen LogP contribution in [0.25, 0.3) is 0 Å². The topological polar surface area (TPSA) is 79.6 Å². The van der Waals surface area contributed by atoms with Gasteiger partial charge in [0.25, 0.3) is 6.20 Å². The summed E-state index contributed by atoms with van der Waals surface area (Å²) in [5, 5.41) is 10.6. The van der Waals surface area contributed by atoms with E-state index < -0.39 is 4.92 Å². The Morgan fingerprint density at radius 2 is 2.21 bits per heavy atom. The molecule has 7 nitrogen and oxygen atoms in total. The van der Waals surface area contributed by atoms with Crippen molar-refractivity contribution < 1.29 is 9.72 Å². The van der Waals surface area contributed by atoms with Crippen molar-refractivity contribution in [2.75, 3.05) is 14.1 Å². The molecule has 0 aromatic carbocycles. The second-order valence-electron chi connectivity index (χ2n) is 3.89. The quantitative estimate of drug-likeness (QED) is 0.341. The molecular formula is C11H13BrN4O3. The van der Waals surface area contributed by atoms with Crippen LogP contribution in [0.1, 0.15) is 5.56 Å². The van der Waals surface area contributed by atoms with Crippen LogP contribution in [-0.2, 0) is 11.3 Å². The van der Waals surface area contributed by atoms with Gasteiger partial charge in [0.05, 0.1) is 11.5 Å². The lowest BCUT2D eigenvalue weighted by atomic mass is 10.3. The van der Waals surface area contributed by atoms with Crippen molar-refractivity contribution in [3.8, 4) is 0 Å². The van der Waals surface area contributed by atoms with Crippen LogP contribution in [0, 0.1) is 10.1 Å². The van der Waals surface area contributed by atoms with E-state index in [4.69, 9.17) is 0 Å². The molecule has 0 aliphatic rings. The number of carbonyl (C=O) groups is 1. The molecular weight excluding hydrogens is 316 g/mol. The Balaban J connectivity index is 2.95. The third kappa shape index (κ3) is 4.66. The molecule has 0 saturated carbocycles. The van der Waals surface area contributed by atoms with Gasteiger partial charge in [-0.15, -0.1) is 0 Å². The van der Waals surface area contributed by atoms with Gasteiger partial charge in [0.2, 0.25) is 6.41 Å². The van der Waals surface area contributed by atoms with E-state index in [1.54, 1.807) is 32.4 Å². The summed E-state index contributed by atoms with van der Waals surface area (Å²) in [4.78, 5) is 27.9. The molecule has 0 radical (unpaired) electrons. The van der Waals surface area contributed by atoms with E-state index in [0.29, 0.717) is 11.0 Å². The molecule has 0 spiro atoms. The summed E-state index contributed by atoms with van der Waals surface area (Å²) in [7, 11) is 3.26. The van der Waals surface area contributed by atoms with Gasteiger partial charge in [0.15, 0.2) is 5.82 Å². The van der Waals surface area contributed by atoms with Crippen LogP contribution >= 0.6 is 15.9 Å². The van der Waals surface area contributed by atoms with Gasteiger partial charge in [-0.3, -0.25) is 19.8 Å². The van der Waals surface area contributed by atoms with Gasteiger partial charge in [-0.1, -0.05) is 6.07 Å². The Morgan fingerprint density at radius 1 is 1.53 bits per heavy atom. The van der Waals surface area contributed by atoms with Crippen molar-refractivity contribution in [1.82, 2.24) is 14.8 Å². The van der Waals surface area contributed by atoms with Gasteiger partial charge in [-0.25, -0.2) is 4.98 Å². The number of carbonyl (C=O) groups excluding carboxylic acids is 1. The predicted octanol–water partition coefficient (Wildman–Crippen LogP) is 1.44. The summed E-state index contributed by atoms with van der Waals surface area (Å²) in [5.41, 5.74) is 0.770. The van der Waals surface area contributed by atoms with Gasteiger partial charge < -0.3 is 4.90 Å². The van der Waals surface area contributed by atoms with Crippen LogP contribution in [-0.4, -0.2) is 40.2 Å². The summed E-state index contributed by atoms with van der Waals surface area (Å²) in [5.74, 6) is 0.197. The molecule has 0 aliphatic carbocycles. The Labute approximate surface area is 118 Å². The minimum atomic E-state index is -0.592. The summed E-state index contributed by atoms with van der Waals surface area (Å²) in [6, 6.07) is 3.53. The van der Waals surface area contributed by atoms with Crippen LogP contribution in [0.4, 0.5) is 0 Å². The van der Waals surface area contributed by atoms with E-state index in [9.17, 15) is 14.9 Å². The molecule has 102 valence electrons. The van der Waals surface area contributed by atoms with Crippen molar-refractivity contribution in [3.05, 3.63) is 50.6 Å². The second kappa shape index (κ2) is 6.83. The summed E-state index contributed by atoms with van der Waals surface area (Å²) >= 11 is 3.21. The van der Waals surface area contributed by atoms with E-state index >= 15 is 0 Å². The largest absolute Gasteiger partial charge is 0.359 e. The molecule has 0 unspecified atom stereocenters. The lowest BCUT2D eigenvalue weighted by Gasteiger charge is -2.24. The Hall–Kier alpha value is -1.96. The summed E-state index contributed by atoms with van der Waals surface area (Å²) in [6.45, 7) is 0.210. The molecule has 0 N–H and O–H groups in total. The first kappa shape index (κ1) is 15.1. The molecule has 0 aliphatic heterocycles. The van der Waals surface area contributed by atoms with Gasteiger partial charge in [-0.2, -0.15) is 0 Å². The van der Waals surface area contributed by atoms with E-state index in [-0.39, 0.29) is 12.4 Å². The zero-order valence-corrected chi connectivity index (χ0v) is 12.1. The van der Waals surface area contributed by atoms with E-state index in [1.807, 2.05) is 0 Å². The Kier molecular flexibility index (Phi) is 5.43. The Morgan fingerprint density at radius 3 is 2.63 bits per heavy atom. The maximum atomic E-state index is 11.1. The van der Waals surface area contributed by atoms with Crippen LogP contribution in [0.3, 0.4) is 0 Å². The molecule has 19 heavy (non-hydrogen) atoms. The van der Waals surface area contributed by atoms with Gasteiger partial charge >= 0.3 is 0 Å². The predicted molar refractivity (Wildman–Crippen MR) is 72.3 cm³/mol. The number of halogens is 1. The zero-order valence-electron chi connectivity index (χ0n) is 10.5. The third-order valence-corrected chi connectivity index (χ3v) is 2.71. The molecule has 1 aromatic heterocycles. The second-order valence-corrected chi connectivity index (χ2v) is 4.70. The molecule has 1 amide bonds. The van der Waals surface area contributed by atoms with E-state index in [1.165, 1.54) is 9.80 Å². The van der Waals surface area contributed by atoms with Crippen molar-refractivity contribution in [2.24, 2.45) is 0 Å². The summed E-state index contributed by atoms with van der Waals surface area (Å²) in [6.07, 6.45) is 2.94. The molecule has 0 bridgehead atoms. The number of rotatable bonds is 6. The minimum absolute atomic E-state index is 0.197. The van der Waals surface area contributed by atoms with E-state index in [0.717, 1.165) is 11.8 Å². The Bertz CT molecular complexity index is 487. The molecule has 1 rings (SSSR count). The van der Waals surface area contributed by atoms with Crippen molar-refractivity contribution in [2.45, 2.75) is 6.54 Å². The third-order valence-electron chi connectivity index (χ3n) is 2.24. The average molecular weight is 329 g/mol. The fourth-order valence-corrected chi connectivity index (χ4v) is 1.64. The maximum Gasteiger partial charge on any atom is 0.274 e. The van der Waals surface area contributed by atoms with Gasteiger partial charge in [0.1, 0.15) is 4.60 Å². The number of hydrogen-bond donors (Lipinski definition) is 0. The average Bonchev–Trinajstić information content (AvgIpc) is 2.35. The number of amides is 1. The summed E-state index contributed by atoms with van der Waals surface area (Å²) < 4.78 is 0.683. The van der Waals surface area contributed by atoms with E-state index in [2.05, 4.69) is 20.9 Å². The minimum Gasteiger partial charge on any atom is -0.359 e. The first-order chi connectivity index (χ1) is 8.93. The molecule has 0 atom stereocenters. The highest BCUT2D eigenvalue weighted by molar-refractivity contribution is 9.10. The first-order valence-corrected chi connectivity index (χ1v) is 6.08. The maximum absolute atomic E-state index is 11.1. The first-order valence-electron chi connectivity index (χ1n) is 5.29. The molecule has 0 fully saturated rings. The number of nitro groups is 1. The zero-order chi connectivity index (χ0) is 14.4. The molecule has 1 aromatic rings. The normalized spacial score (nSPS) is 11.0. The fourth-order valence-electron chi connectivity index (χ4n) is 1.41. The SMILES string of the molecule is CN(C)C(=C[N+](=O)[O-])N(C=O)Cc1ccc(Br)nc1. The number of aromatic nitrogens is 1. The van der Waals surface area contributed by atoms with Crippen molar-refractivity contribution in [3.63, 3.8) is 0 Å². The molecule has 8 heteroatoms. The lowest BCUT2D eigenvalue weighted by molar-refractivity contribution is -0.405. The number of nitrogens with zero attached hydrogens (tertiary/aromatic N) is 4. The number of pyridine rings is 1. The monoisotopic (exact) mass is 328 g/mol. The van der Waals surface area contributed by atoms with Crippen LogP contribution in [0.15, 0.2) is 35.0 Å². The number of hydrogen-bond acceptors (Lipinski definition) is 5. The standard InChI is InChI=1S/C11H13BrN4O3/c1-14(2)11(7-16(18)19)15(8-17)6-9-3-4-10(12)13-5-9/h3-5,7-8H,6H2,1-2H3. The van der Waals surface area contributed by atoms with Crippen LogP contribution in [0.2, 0.25) is 0 Å². The van der Waals surface area contributed by atoms with Gasteiger partial charge in [-0.05, 0) is 27.6 Å². The van der Waals surface area contributed by atoms with Crippen LogP contribution < -0.4 is 0 Å². The van der Waals surface area contributed by atoms with Crippen molar-refractivity contribution in [1.29, 1.82) is 0 Å². The van der Waals surface area contributed by atoms with Crippen LogP contribution in [0.5, 0.6) is 0 Å².